The molecule has 2 aromatic carbocycles. The molecule has 0 N–H and O–H groups in total. The van der Waals surface area contributed by atoms with Gasteiger partial charge in [-0.25, -0.2) is 0 Å². The van der Waals surface area contributed by atoms with Gasteiger partial charge in [-0.3, -0.25) is 0 Å². The predicted molar refractivity (Wildman–Crippen MR) is 182 cm³/mol. The van der Waals surface area contributed by atoms with Gasteiger partial charge in [-0.05, 0) is 90.9 Å². The topological polar surface area (TPSA) is 27.7 Å². The summed E-state index contributed by atoms with van der Waals surface area (Å²) in [5.41, 5.74) is 6.20. The van der Waals surface area contributed by atoms with Crippen LogP contribution in [0, 0.1) is 23.3 Å². The third kappa shape index (κ3) is 7.17. The van der Waals surface area contributed by atoms with Gasteiger partial charge in [0.2, 0.25) is 16.6 Å². The van der Waals surface area contributed by atoms with Crippen LogP contribution in [-0.4, -0.2) is 24.7 Å². The van der Waals surface area contributed by atoms with Crippen molar-refractivity contribution in [3.63, 3.8) is 0 Å². The molecular weight excluding hydrogens is 553 g/mol. The Bertz CT molecular complexity index is 1300. The van der Waals surface area contributed by atoms with Crippen molar-refractivity contribution in [3.05, 3.63) is 53.6 Å². The Morgan fingerprint density at radius 3 is 1.80 bits per heavy atom. The molecule has 0 radical (unpaired) electrons. The molecule has 4 unspecified atom stereocenters. The van der Waals surface area contributed by atoms with E-state index in [0.717, 1.165) is 30.1 Å². The summed E-state index contributed by atoms with van der Waals surface area (Å²) in [4.78, 5) is 0. The molecule has 1 saturated carbocycles. The summed E-state index contributed by atoms with van der Waals surface area (Å²) in [5, 5.41) is 0.316. The lowest BCUT2D eigenvalue weighted by Crippen LogP contribution is -2.43. The summed E-state index contributed by atoms with van der Waals surface area (Å²) in [6.07, 6.45) is 2.17. The van der Waals surface area contributed by atoms with Crippen LogP contribution in [-0.2, 0) is 0 Å². The van der Waals surface area contributed by atoms with E-state index in [0.29, 0.717) is 17.8 Å². The maximum atomic E-state index is 6.86. The summed E-state index contributed by atoms with van der Waals surface area (Å²) in [7, 11) is -5.27. The fourth-order valence-corrected chi connectivity index (χ4v) is 8.04. The van der Waals surface area contributed by atoms with E-state index in [1.54, 1.807) is 0 Å². The van der Waals surface area contributed by atoms with Crippen molar-refractivity contribution in [1.82, 2.24) is 0 Å². The number of fused-ring (bicyclic) bond motifs is 3. The van der Waals surface area contributed by atoms with E-state index < -0.39 is 24.7 Å². The van der Waals surface area contributed by atoms with Crippen LogP contribution in [0.25, 0.3) is 0 Å². The Morgan fingerprint density at radius 2 is 1.27 bits per heavy atom. The average molecular weight is 607 g/mol. The van der Waals surface area contributed by atoms with Crippen LogP contribution in [0.15, 0.2) is 42.5 Å². The lowest BCUT2D eigenvalue weighted by atomic mass is 9.80. The van der Waals surface area contributed by atoms with Crippen LogP contribution in [0.5, 0.6) is 17.2 Å². The molecule has 0 amide bonds. The highest BCUT2D eigenvalue weighted by molar-refractivity contribution is 6.83. The molecule has 224 valence electrons. The fraction of sp³-hybridized carbons (Fsp3) is 0.600. The molecule has 2 aliphatic rings. The quantitative estimate of drug-likeness (QED) is 0.250. The van der Waals surface area contributed by atoms with Crippen molar-refractivity contribution >= 4 is 24.7 Å². The van der Waals surface area contributed by atoms with Crippen LogP contribution < -0.4 is 13.6 Å². The van der Waals surface area contributed by atoms with Crippen LogP contribution >= 0.6 is 0 Å². The Labute approximate surface area is 254 Å². The van der Waals surface area contributed by atoms with Crippen LogP contribution in [0.4, 0.5) is 0 Å². The van der Waals surface area contributed by atoms with Crippen LogP contribution in [0.2, 0.25) is 55.9 Å². The Morgan fingerprint density at radius 1 is 0.732 bits per heavy atom. The molecule has 4 atom stereocenters. The van der Waals surface area contributed by atoms with E-state index in [1.165, 1.54) is 11.1 Å². The van der Waals surface area contributed by atoms with Gasteiger partial charge in [0, 0.05) is 17.4 Å². The van der Waals surface area contributed by atoms with Gasteiger partial charge in [-0.1, -0.05) is 73.3 Å². The molecule has 4 rings (SSSR count). The summed E-state index contributed by atoms with van der Waals surface area (Å²) in [6.45, 7) is 30.0. The van der Waals surface area contributed by atoms with Gasteiger partial charge in [-0.15, -0.1) is 11.5 Å². The summed E-state index contributed by atoms with van der Waals surface area (Å²) < 4.78 is 20.2. The van der Waals surface area contributed by atoms with Crippen LogP contribution in [0.1, 0.15) is 77.5 Å². The van der Waals surface area contributed by atoms with Gasteiger partial charge < -0.3 is 13.6 Å². The smallest absolute Gasteiger partial charge is 0.250 e. The van der Waals surface area contributed by atoms with E-state index in [1.807, 2.05) is 0 Å². The Kier molecular flexibility index (Phi) is 8.54. The molecule has 41 heavy (non-hydrogen) atoms. The first kappa shape index (κ1) is 32.0. The minimum atomic E-state index is -1.94. The number of hydrogen-bond acceptors (Lipinski definition) is 3. The van der Waals surface area contributed by atoms with E-state index >= 15 is 0 Å². The van der Waals surface area contributed by atoms with Gasteiger partial charge in [-0.2, -0.15) is 0 Å². The van der Waals surface area contributed by atoms with Gasteiger partial charge in [0.1, 0.15) is 31.4 Å². The largest absolute Gasteiger partial charge is 0.544 e. The molecule has 1 heterocycles. The Balaban J connectivity index is 1.67. The van der Waals surface area contributed by atoms with Crippen molar-refractivity contribution in [2.24, 2.45) is 11.8 Å². The predicted octanol–water partition coefficient (Wildman–Crippen LogP) is 10.6. The number of hydrogen-bond donors (Lipinski definition) is 0. The third-order valence-corrected chi connectivity index (χ3v) is 19.5. The maximum Gasteiger partial charge on any atom is 0.250 e. The van der Waals surface area contributed by atoms with E-state index in [-0.39, 0.29) is 16.2 Å². The summed E-state index contributed by atoms with van der Waals surface area (Å²) >= 11 is 0. The number of rotatable bonds is 5. The molecule has 0 aromatic heterocycles. The maximum absolute atomic E-state index is 6.86. The fourth-order valence-electron chi connectivity index (χ4n) is 5.35. The van der Waals surface area contributed by atoms with Crippen molar-refractivity contribution in [2.75, 3.05) is 0 Å². The highest BCUT2D eigenvalue weighted by Gasteiger charge is 2.46. The Hall–Kier alpha value is -1.95. The molecule has 0 saturated heterocycles. The van der Waals surface area contributed by atoms with Crippen molar-refractivity contribution < 1.29 is 13.6 Å². The zero-order valence-corrected chi connectivity index (χ0v) is 31.0. The zero-order chi connectivity index (χ0) is 30.6. The summed E-state index contributed by atoms with van der Waals surface area (Å²) in [5.74, 6) is 7.87. The molecule has 1 aliphatic heterocycles. The molecular formula is C35H54O3Si3. The lowest BCUT2D eigenvalue weighted by Gasteiger charge is -2.39. The standard InChI is InChI=1S/C35H54O3Si3/c1-34(2,3)40(10,11)37-27-16-14-26(15-17-27)33-31-23-25(20-21-39(7,8)9)22-29(31)30-24-28(18-19-32(30)36-33)38-41(12,13)35(4,5)6/h14-19,24-25,29,31,33H,22-23H2,1-13H3. The van der Waals surface area contributed by atoms with Gasteiger partial charge in [0.05, 0.1) is 0 Å². The number of ether oxygens (including phenoxy) is 1. The molecule has 0 spiro atoms. The SMILES string of the molecule is CC(C)(C)[Si](C)(C)Oc1ccc(C2Oc3ccc(O[Si](C)(C)C(C)(C)C)cc3C3CC(C#C[Si](C)(C)C)CC32)cc1. The second-order valence-corrected chi connectivity index (χ2v) is 30.7. The normalized spacial score (nSPS) is 23.0. The highest BCUT2D eigenvalue weighted by atomic mass is 28.4. The first-order chi connectivity index (χ1) is 18.7. The van der Waals surface area contributed by atoms with Crippen molar-refractivity contribution in [2.45, 2.75) is 122 Å². The molecule has 6 heteroatoms. The molecule has 3 nitrogen and oxygen atoms in total. The molecule has 1 fully saturated rings. The average Bonchev–Trinajstić information content (AvgIpc) is 3.25. The van der Waals surface area contributed by atoms with E-state index in [9.17, 15) is 0 Å². The first-order valence-electron chi connectivity index (χ1n) is 15.5. The van der Waals surface area contributed by atoms with Crippen molar-refractivity contribution in [1.29, 1.82) is 0 Å². The first-order valence-corrected chi connectivity index (χ1v) is 24.8. The van der Waals surface area contributed by atoms with E-state index in [2.05, 4.69) is 141 Å². The minimum absolute atomic E-state index is 0.0141. The highest BCUT2D eigenvalue weighted by Crippen LogP contribution is 2.56. The van der Waals surface area contributed by atoms with Gasteiger partial charge >= 0.3 is 0 Å². The molecule has 1 aliphatic carbocycles. The zero-order valence-electron chi connectivity index (χ0n) is 28.0. The van der Waals surface area contributed by atoms with Gasteiger partial charge in [0.15, 0.2) is 0 Å². The molecule has 2 aromatic rings. The monoisotopic (exact) mass is 606 g/mol. The van der Waals surface area contributed by atoms with Gasteiger partial charge in [0.25, 0.3) is 0 Å². The third-order valence-electron chi connectivity index (χ3n) is 9.85. The number of benzene rings is 2. The van der Waals surface area contributed by atoms with Crippen LogP contribution in [0.3, 0.4) is 0 Å². The summed E-state index contributed by atoms with van der Waals surface area (Å²) in [6, 6.07) is 15.3. The minimum Gasteiger partial charge on any atom is -0.544 e. The van der Waals surface area contributed by atoms with Crippen molar-refractivity contribution in [3.8, 4) is 28.7 Å². The van der Waals surface area contributed by atoms with E-state index in [4.69, 9.17) is 13.6 Å². The molecule has 0 bridgehead atoms. The lowest BCUT2D eigenvalue weighted by molar-refractivity contribution is 0.103. The second-order valence-electron chi connectivity index (χ2n) is 16.5. The second kappa shape index (κ2) is 11.0.